The molecule has 3 rings (SSSR count). The van der Waals surface area contributed by atoms with Gasteiger partial charge in [0.15, 0.2) is 5.76 Å². The molecule has 8 heteroatoms. The molecule has 1 heterocycles. The first kappa shape index (κ1) is 22.4. The van der Waals surface area contributed by atoms with Crippen LogP contribution in [0.2, 0.25) is 0 Å². The molecule has 0 radical (unpaired) electrons. The number of nitrogens with one attached hydrogen (secondary N) is 4. The third kappa shape index (κ3) is 6.87. The topological polar surface area (TPSA) is 112 Å². The molecule has 31 heavy (non-hydrogen) atoms. The maximum atomic E-state index is 12.4. The van der Waals surface area contributed by atoms with Crippen LogP contribution in [0.3, 0.4) is 0 Å². The van der Waals surface area contributed by atoms with Gasteiger partial charge in [0.25, 0.3) is 5.91 Å². The fourth-order valence-electron chi connectivity index (χ4n) is 3.74. The summed E-state index contributed by atoms with van der Waals surface area (Å²) in [5, 5.41) is 11.6. The first-order valence-electron chi connectivity index (χ1n) is 10.7. The highest BCUT2D eigenvalue weighted by Gasteiger charge is 2.28. The fraction of sp³-hybridized carbons (Fsp3) is 0.435. The molecular formula is C23H30N4O4. The molecule has 2 unspecified atom stereocenters. The number of hydrogen-bond donors (Lipinski definition) is 4. The quantitative estimate of drug-likeness (QED) is 0.543. The van der Waals surface area contributed by atoms with Crippen LogP contribution in [-0.2, 0) is 11.3 Å². The lowest BCUT2D eigenvalue weighted by molar-refractivity contribution is -0.126. The molecule has 1 aliphatic rings. The van der Waals surface area contributed by atoms with Crippen molar-refractivity contribution >= 4 is 23.5 Å². The largest absolute Gasteiger partial charge is 0.459 e. The van der Waals surface area contributed by atoms with E-state index in [4.69, 9.17) is 4.42 Å². The van der Waals surface area contributed by atoms with Crippen LogP contribution in [0, 0.1) is 5.92 Å². The van der Waals surface area contributed by atoms with Gasteiger partial charge in [-0.15, -0.1) is 0 Å². The lowest BCUT2D eigenvalue weighted by Crippen LogP contribution is -2.46. The second-order valence-corrected chi connectivity index (χ2v) is 8.18. The highest BCUT2D eigenvalue weighted by Crippen LogP contribution is 2.24. The molecule has 2 atom stereocenters. The molecule has 1 aliphatic carbocycles. The van der Waals surface area contributed by atoms with Gasteiger partial charge in [-0.3, -0.25) is 9.59 Å². The maximum absolute atomic E-state index is 12.4. The van der Waals surface area contributed by atoms with Gasteiger partial charge in [0, 0.05) is 30.2 Å². The normalized spacial score (nSPS) is 18.3. The van der Waals surface area contributed by atoms with E-state index in [1.54, 1.807) is 24.3 Å². The summed E-state index contributed by atoms with van der Waals surface area (Å²) in [6.45, 7) is 4.21. The van der Waals surface area contributed by atoms with Crippen molar-refractivity contribution < 1.29 is 18.8 Å². The van der Waals surface area contributed by atoms with Crippen molar-refractivity contribution in [2.24, 2.45) is 5.92 Å². The van der Waals surface area contributed by atoms with Crippen molar-refractivity contribution in [2.75, 3.05) is 5.32 Å². The Bertz CT molecular complexity index is 895. The van der Waals surface area contributed by atoms with E-state index in [1.807, 2.05) is 26.0 Å². The molecule has 8 nitrogen and oxygen atoms in total. The molecule has 1 aromatic heterocycles. The van der Waals surface area contributed by atoms with Gasteiger partial charge in [-0.25, -0.2) is 4.79 Å². The van der Waals surface area contributed by atoms with E-state index in [9.17, 15) is 14.4 Å². The lowest BCUT2D eigenvalue weighted by Gasteiger charge is -2.29. The smallest absolute Gasteiger partial charge is 0.315 e. The van der Waals surface area contributed by atoms with Crippen LogP contribution in [0.1, 0.15) is 55.6 Å². The summed E-state index contributed by atoms with van der Waals surface area (Å²) < 4.78 is 5.09. The maximum Gasteiger partial charge on any atom is 0.315 e. The minimum absolute atomic E-state index is 0.0180. The molecule has 1 saturated carbocycles. The van der Waals surface area contributed by atoms with Crippen LogP contribution in [-0.4, -0.2) is 29.9 Å². The zero-order valence-corrected chi connectivity index (χ0v) is 17.9. The Morgan fingerprint density at radius 2 is 1.97 bits per heavy atom. The Hall–Kier alpha value is -3.29. The lowest BCUT2D eigenvalue weighted by atomic mass is 9.85. The second-order valence-electron chi connectivity index (χ2n) is 8.18. The van der Waals surface area contributed by atoms with Crippen LogP contribution in [0.4, 0.5) is 10.5 Å². The first-order valence-corrected chi connectivity index (χ1v) is 10.7. The van der Waals surface area contributed by atoms with Crippen LogP contribution < -0.4 is 21.3 Å². The number of furan rings is 1. The minimum Gasteiger partial charge on any atom is -0.459 e. The number of rotatable bonds is 7. The third-order valence-corrected chi connectivity index (χ3v) is 5.19. The molecular weight excluding hydrogens is 396 g/mol. The van der Waals surface area contributed by atoms with E-state index < -0.39 is 0 Å². The number of benzene rings is 1. The van der Waals surface area contributed by atoms with Gasteiger partial charge in [0.05, 0.1) is 6.26 Å². The van der Waals surface area contributed by atoms with Crippen molar-refractivity contribution in [1.29, 1.82) is 0 Å². The zero-order valence-electron chi connectivity index (χ0n) is 17.9. The Morgan fingerprint density at radius 3 is 2.71 bits per heavy atom. The molecule has 2 aromatic rings. The van der Waals surface area contributed by atoms with E-state index in [0.717, 1.165) is 24.8 Å². The molecule has 0 bridgehead atoms. The molecule has 4 amide bonds. The molecule has 0 aliphatic heterocycles. The second kappa shape index (κ2) is 10.7. The van der Waals surface area contributed by atoms with Gasteiger partial charge >= 0.3 is 6.03 Å². The van der Waals surface area contributed by atoms with Gasteiger partial charge < -0.3 is 25.7 Å². The van der Waals surface area contributed by atoms with Crippen LogP contribution in [0.25, 0.3) is 0 Å². The number of carbonyl (C=O) groups excluding carboxylic acids is 3. The molecule has 1 fully saturated rings. The van der Waals surface area contributed by atoms with Gasteiger partial charge in [-0.1, -0.05) is 18.6 Å². The SMILES string of the molecule is CC(C)NC(=O)C1CCCC(NC(=O)NCc2cccc(NC(=O)c3ccco3)c2)C1. The predicted octanol–water partition coefficient (Wildman–Crippen LogP) is 3.41. The Morgan fingerprint density at radius 1 is 1.13 bits per heavy atom. The Kier molecular flexibility index (Phi) is 7.70. The Balaban J connectivity index is 1.46. The summed E-state index contributed by atoms with van der Waals surface area (Å²) in [6.07, 6.45) is 4.74. The highest BCUT2D eigenvalue weighted by atomic mass is 16.3. The molecule has 4 N–H and O–H groups in total. The van der Waals surface area contributed by atoms with Gasteiger partial charge in [0.2, 0.25) is 5.91 Å². The van der Waals surface area contributed by atoms with Gasteiger partial charge in [0.1, 0.15) is 0 Å². The summed E-state index contributed by atoms with van der Waals surface area (Å²) in [5.74, 6) is -0.0943. The van der Waals surface area contributed by atoms with Gasteiger partial charge in [-0.2, -0.15) is 0 Å². The van der Waals surface area contributed by atoms with Crippen LogP contribution >= 0.6 is 0 Å². The van der Waals surface area contributed by atoms with E-state index in [-0.39, 0.29) is 41.6 Å². The van der Waals surface area contributed by atoms with Crippen LogP contribution in [0.15, 0.2) is 47.1 Å². The number of carbonyl (C=O) groups is 3. The average molecular weight is 427 g/mol. The molecule has 0 saturated heterocycles. The minimum atomic E-state index is -0.332. The molecule has 0 spiro atoms. The van der Waals surface area contributed by atoms with Crippen LogP contribution in [0.5, 0.6) is 0 Å². The van der Waals surface area contributed by atoms with Crippen molar-refractivity contribution in [3.8, 4) is 0 Å². The van der Waals surface area contributed by atoms with Crippen molar-refractivity contribution in [3.05, 3.63) is 54.0 Å². The summed E-state index contributed by atoms with van der Waals surface area (Å²) in [4.78, 5) is 36.7. The predicted molar refractivity (Wildman–Crippen MR) is 117 cm³/mol. The van der Waals surface area contributed by atoms with E-state index in [0.29, 0.717) is 18.7 Å². The fourth-order valence-corrected chi connectivity index (χ4v) is 3.74. The molecule has 1 aromatic carbocycles. The summed E-state index contributed by atoms with van der Waals surface area (Å²) in [5.41, 5.74) is 1.47. The number of hydrogen-bond acceptors (Lipinski definition) is 4. The number of amides is 4. The Labute approximate surface area is 182 Å². The summed E-state index contributed by atoms with van der Waals surface area (Å²) in [6, 6.07) is 10.3. The summed E-state index contributed by atoms with van der Waals surface area (Å²) >= 11 is 0. The zero-order chi connectivity index (χ0) is 22.2. The third-order valence-electron chi connectivity index (χ3n) is 5.19. The van der Waals surface area contributed by atoms with Gasteiger partial charge in [-0.05, 0) is 62.9 Å². The van der Waals surface area contributed by atoms with Crippen molar-refractivity contribution in [1.82, 2.24) is 16.0 Å². The van der Waals surface area contributed by atoms with Crippen molar-refractivity contribution in [3.63, 3.8) is 0 Å². The number of urea groups is 1. The number of anilines is 1. The highest BCUT2D eigenvalue weighted by molar-refractivity contribution is 6.02. The van der Waals surface area contributed by atoms with E-state index in [1.165, 1.54) is 6.26 Å². The molecule has 166 valence electrons. The van der Waals surface area contributed by atoms with E-state index in [2.05, 4.69) is 21.3 Å². The average Bonchev–Trinajstić information content (AvgIpc) is 3.27. The monoisotopic (exact) mass is 426 g/mol. The van der Waals surface area contributed by atoms with Crippen molar-refractivity contribution in [2.45, 2.75) is 58.2 Å². The first-order chi connectivity index (χ1) is 14.9. The van der Waals surface area contributed by atoms with E-state index >= 15 is 0 Å². The standard InChI is InChI=1S/C23H30N4O4/c1-15(2)25-21(28)17-7-4-9-19(13-17)27-23(30)24-14-16-6-3-8-18(12-16)26-22(29)20-10-5-11-31-20/h3,5-6,8,10-12,15,17,19H,4,7,9,13-14H2,1-2H3,(H,25,28)(H,26,29)(H2,24,27,30). The summed E-state index contributed by atoms with van der Waals surface area (Å²) in [7, 11) is 0.